The monoisotopic (exact) mass is 312 g/mol. The van der Waals surface area contributed by atoms with E-state index in [2.05, 4.69) is 4.57 Å². The molecule has 2 nitrogen and oxygen atoms in total. The van der Waals surface area contributed by atoms with Crippen LogP contribution in [0.5, 0.6) is 0 Å². The lowest BCUT2D eigenvalue weighted by Crippen LogP contribution is -2.46. The van der Waals surface area contributed by atoms with Gasteiger partial charge in [-0.3, -0.25) is 4.79 Å². The molecule has 5 atom stereocenters. The van der Waals surface area contributed by atoms with Crippen molar-refractivity contribution in [3.05, 3.63) is 30.6 Å². The molecule has 1 heterocycles. The highest BCUT2D eigenvalue weighted by atomic mass is 16.1. The molecule has 3 aliphatic rings. The number of fused-ring (bicyclic) bond motifs is 2. The maximum atomic E-state index is 13.0. The predicted octanol–water partition coefficient (Wildman–Crippen LogP) is 4.18. The number of ketones is 1. The van der Waals surface area contributed by atoms with Crippen LogP contribution in [-0.4, -0.2) is 5.78 Å². The number of rotatable bonds is 3. The SMILES string of the molecule is O=C(C[n+]1ccccc1)C1CCCC2CC3CCCCC3CC21. The standard InChI is InChI=1S/C21H30NO/c23-21(15-22-11-4-1-5-12-22)19-10-6-9-18-13-16-7-2-3-8-17(16)14-20(18)19/h1,4-5,11-12,16-20H,2-3,6-10,13-15H2/q+1. The molecule has 0 bridgehead atoms. The molecular weight excluding hydrogens is 282 g/mol. The fourth-order valence-electron chi connectivity index (χ4n) is 5.89. The van der Waals surface area contributed by atoms with Crippen LogP contribution < -0.4 is 4.57 Å². The fourth-order valence-corrected chi connectivity index (χ4v) is 5.89. The lowest BCUT2D eigenvalue weighted by atomic mass is 9.56. The smallest absolute Gasteiger partial charge is 0.206 e. The van der Waals surface area contributed by atoms with Crippen LogP contribution in [0.2, 0.25) is 0 Å². The van der Waals surface area contributed by atoms with Gasteiger partial charge < -0.3 is 0 Å². The van der Waals surface area contributed by atoms with Gasteiger partial charge in [-0.2, -0.15) is 4.57 Å². The van der Waals surface area contributed by atoms with Gasteiger partial charge in [0.1, 0.15) is 0 Å². The van der Waals surface area contributed by atoms with Crippen molar-refractivity contribution in [3.63, 3.8) is 0 Å². The molecule has 0 N–H and O–H groups in total. The van der Waals surface area contributed by atoms with Gasteiger partial charge in [0.15, 0.2) is 12.4 Å². The van der Waals surface area contributed by atoms with E-state index in [0.717, 1.165) is 24.2 Å². The van der Waals surface area contributed by atoms with Crippen LogP contribution in [0.4, 0.5) is 0 Å². The molecule has 5 unspecified atom stereocenters. The summed E-state index contributed by atoms with van der Waals surface area (Å²) in [6.07, 6.45) is 16.4. The molecule has 1 aromatic rings. The molecule has 3 saturated carbocycles. The van der Waals surface area contributed by atoms with Crippen molar-refractivity contribution in [3.8, 4) is 0 Å². The topological polar surface area (TPSA) is 20.9 Å². The minimum Gasteiger partial charge on any atom is -0.292 e. The van der Waals surface area contributed by atoms with Crippen molar-refractivity contribution in [2.24, 2.45) is 29.6 Å². The second-order valence-electron chi connectivity index (χ2n) is 8.25. The van der Waals surface area contributed by atoms with Crippen LogP contribution in [-0.2, 0) is 11.3 Å². The summed E-state index contributed by atoms with van der Waals surface area (Å²) in [7, 11) is 0. The maximum absolute atomic E-state index is 13.0. The average molecular weight is 312 g/mol. The Hall–Kier alpha value is -1.18. The number of pyridine rings is 1. The first kappa shape index (κ1) is 15.4. The zero-order chi connectivity index (χ0) is 15.6. The Labute approximate surface area is 140 Å². The summed E-state index contributed by atoms with van der Waals surface area (Å²) in [4.78, 5) is 13.0. The summed E-state index contributed by atoms with van der Waals surface area (Å²) in [6.45, 7) is 0.572. The van der Waals surface area contributed by atoms with Crippen LogP contribution in [0.15, 0.2) is 30.6 Å². The largest absolute Gasteiger partial charge is 0.292 e. The molecule has 0 aromatic carbocycles. The lowest BCUT2D eigenvalue weighted by Gasteiger charge is -2.48. The summed E-state index contributed by atoms with van der Waals surface area (Å²) >= 11 is 0. The molecule has 1 aromatic heterocycles. The van der Waals surface area contributed by atoms with Gasteiger partial charge in [-0.1, -0.05) is 44.6 Å². The zero-order valence-electron chi connectivity index (χ0n) is 14.2. The van der Waals surface area contributed by atoms with E-state index in [-0.39, 0.29) is 0 Å². The highest BCUT2D eigenvalue weighted by Crippen LogP contribution is 2.51. The van der Waals surface area contributed by atoms with Gasteiger partial charge >= 0.3 is 0 Å². The Morgan fingerprint density at radius 2 is 1.52 bits per heavy atom. The third-order valence-corrected chi connectivity index (χ3v) is 6.99. The Morgan fingerprint density at radius 1 is 0.826 bits per heavy atom. The molecule has 0 saturated heterocycles. The minimum absolute atomic E-state index is 0.337. The van der Waals surface area contributed by atoms with Crippen LogP contribution >= 0.6 is 0 Å². The summed E-state index contributed by atoms with van der Waals surface area (Å²) in [5, 5.41) is 0. The molecule has 2 heteroatoms. The first-order valence-corrected chi connectivity index (χ1v) is 9.78. The van der Waals surface area contributed by atoms with Crippen LogP contribution in [0, 0.1) is 29.6 Å². The molecule has 3 aliphatic carbocycles. The number of carbonyl (C=O) groups is 1. The zero-order valence-corrected chi connectivity index (χ0v) is 14.2. The van der Waals surface area contributed by atoms with Gasteiger partial charge in [-0.15, -0.1) is 0 Å². The third-order valence-electron chi connectivity index (χ3n) is 6.99. The second-order valence-corrected chi connectivity index (χ2v) is 8.25. The molecule has 0 aliphatic heterocycles. The van der Waals surface area contributed by atoms with Crippen LogP contribution in [0.1, 0.15) is 57.8 Å². The number of aromatic nitrogens is 1. The predicted molar refractivity (Wildman–Crippen MR) is 90.6 cm³/mol. The van der Waals surface area contributed by atoms with E-state index in [1.165, 1.54) is 51.4 Å². The number of hydrogen-bond donors (Lipinski definition) is 0. The van der Waals surface area contributed by atoms with E-state index in [1.54, 1.807) is 0 Å². The lowest BCUT2D eigenvalue weighted by molar-refractivity contribution is -0.684. The average Bonchev–Trinajstić information content (AvgIpc) is 2.60. The fraction of sp³-hybridized carbons (Fsp3) is 0.714. The maximum Gasteiger partial charge on any atom is 0.206 e. The highest BCUT2D eigenvalue weighted by Gasteiger charge is 2.45. The molecule has 4 rings (SSSR count). The molecule has 23 heavy (non-hydrogen) atoms. The Kier molecular flexibility index (Phi) is 4.50. The quantitative estimate of drug-likeness (QED) is 0.767. The van der Waals surface area contributed by atoms with E-state index >= 15 is 0 Å². The van der Waals surface area contributed by atoms with Crippen molar-refractivity contribution in [1.29, 1.82) is 0 Å². The van der Waals surface area contributed by atoms with Gasteiger partial charge in [0, 0.05) is 18.1 Å². The van der Waals surface area contributed by atoms with E-state index in [9.17, 15) is 4.79 Å². The van der Waals surface area contributed by atoms with Gasteiger partial charge in [0.2, 0.25) is 12.3 Å². The highest BCUT2D eigenvalue weighted by molar-refractivity contribution is 5.80. The van der Waals surface area contributed by atoms with Gasteiger partial charge in [-0.05, 0) is 42.9 Å². The summed E-state index contributed by atoms with van der Waals surface area (Å²) in [6, 6.07) is 6.05. The normalized spacial score (nSPS) is 36.8. The van der Waals surface area contributed by atoms with E-state index in [1.807, 2.05) is 30.6 Å². The van der Waals surface area contributed by atoms with Crippen molar-refractivity contribution in [1.82, 2.24) is 0 Å². The molecule has 3 fully saturated rings. The minimum atomic E-state index is 0.337. The summed E-state index contributed by atoms with van der Waals surface area (Å²) < 4.78 is 2.05. The molecule has 0 spiro atoms. The number of carbonyl (C=O) groups excluding carboxylic acids is 1. The second kappa shape index (κ2) is 6.75. The number of Topliss-reactive ketones (excluding diaryl/α,β-unsaturated/α-hetero) is 1. The van der Waals surface area contributed by atoms with Crippen molar-refractivity contribution in [2.75, 3.05) is 0 Å². The van der Waals surface area contributed by atoms with Crippen molar-refractivity contribution >= 4 is 5.78 Å². The van der Waals surface area contributed by atoms with Gasteiger partial charge in [0.05, 0.1) is 0 Å². The Bertz CT molecular complexity index is 540. The number of hydrogen-bond acceptors (Lipinski definition) is 1. The molecule has 0 amide bonds. The van der Waals surface area contributed by atoms with Crippen LogP contribution in [0.25, 0.3) is 0 Å². The number of nitrogens with zero attached hydrogens (tertiary/aromatic N) is 1. The Morgan fingerprint density at radius 3 is 2.30 bits per heavy atom. The van der Waals surface area contributed by atoms with E-state index in [0.29, 0.717) is 24.2 Å². The molecule has 124 valence electrons. The van der Waals surface area contributed by atoms with Crippen LogP contribution in [0.3, 0.4) is 0 Å². The van der Waals surface area contributed by atoms with E-state index in [4.69, 9.17) is 0 Å². The van der Waals surface area contributed by atoms with Crippen molar-refractivity contribution < 1.29 is 9.36 Å². The van der Waals surface area contributed by atoms with Gasteiger partial charge in [0.25, 0.3) is 0 Å². The third kappa shape index (κ3) is 3.22. The first-order valence-electron chi connectivity index (χ1n) is 9.78. The van der Waals surface area contributed by atoms with E-state index < -0.39 is 0 Å². The Balaban J connectivity index is 1.46. The summed E-state index contributed by atoms with van der Waals surface area (Å²) in [5.41, 5.74) is 0. The first-order chi connectivity index (χ1) is 11.3. The van der Waals surface area contributed by atoms with Crippen molar-refractivity contribution in [2.45, 2.75) is 64.3 Å². The summed E-state index contributed by atoms with van der Waals surface area (Å²) in [5.74, 6) is 4.29. The van der Waals surface area contributed by atoms with Gasteiger partial charge in [-0.25, -0.2) is 0 Å². The molecule has 0 radical (unpaired) electrons. The molecular formula is C21H30NO+.